The zero-order chi connectivity index (χ0) is 15.1. The second kappa shape index (κ2) is 8.22. The Balaban J connectivity index is 4.66. The van der Waals surface area contributed by atoms with Gasteiger partial charge in [-0.1, -0.05) is 20.8 Å². The van der Waals surface area contributed by atoms with Gasteiger partial charge in [0.1, 0.15) is 9.84 Å². The van der Waals surface area contributed by atoms with Gasteiger partial charge in [0.2, 0.25) is 0 Å². The third kappa shape index (κ3) is 5.79. The quantitative estimate of drug-likeness (QED) is 0.668. The summed E-state index contributed by atoms with van der Waals surface area (Å²) in [4.78, 5) is 2.24. The maximum atomic E-state index is 11.6. The molecule has 0 aromatic carbocycles. The van der Waals surface area contributed by atoms with Crippen molar-refractivity contribution < 1.29 is 8.42 Å². The summed E-state index contributed by atoms with van der Waals surface area (Å²) >= 11 is 0. The first-order valence-electron chi connectivity index (χ1n) is 7.34. The van der Waals surface area contributed by atoms with Crippen LogP contribution in [0.25, 0.3) is 0 Å². The van der Waals surface area contributed by atoms with E-state index < -0.39 is 9.84 Å². The highest BCUT2D eigenvalue weighted by molar-refractivity contribution is 7.91. The zero-order valence-corrected chi connectivity index (χ0v) is 14.3. The first kappa shape index (κ1) is 18.9. The van der Waals surface area contributed by atoms with E-state index in [4.69, 9.17) is 0 Å². The van der Waals surface area contributed by atoms with Crippen LogP contribution in [0.5, 0.6) is 0 Å². The summed E-state index contributed by atoms with van der Waals surface area (Å²) in [5.41, 5.74) is 0.0615. The standard InChI is InChI=1S/C14H32N2O2S/c1-7-14(4,16(5)6)13(15-8-2)11-10-12-19(17,18)9-3/h13,15H,7-12H2,1-6H3. The Bertz CT molecular complexity index is 341. The molecule has 0 aliphatic rings. The van der Waals surface area contributed by atoms with Crippen molar-refractivity contribution in [3.63, 3.8) is 0 Å². The fourth-order valence-corrected chi connectivity index (χ4v) is 3.30. The van der Waals surface area contributed by atoms with Crippen LogP contribution in [0.2, 0.25) is 0 Å². The van der Waals surface area contributed by atoms with Gasteiger partial charge < -0.3 is 10.2 Å². The van der Waals surface area contributed by atoms with Crippen LogP contribution in [0.1, 0.15) is 47.0 Å². The molecule has 0 aliphatic heterocycles. The van der Waals surface area contributed by atoms with Crippen LogP contribution in [0.15, 0.2) is 0 Å². The van der Waals surface area contributed by atoms with E-state index in [2.05, 4.69) is 45.1 Å². The minimum Gasteiger partial charge on any atom is -0.312 e. The van der Waals surface area contributed by atoms with Gasteiger partial charge in [0.25, 0.3) is 0 Å². The molecule has 0 fully saturated rings. The Morgan fingerprint density at radius 2 is 1.79 bits per heavy atom. The van der Waals surface area contributed by atoms with Gasteiger partial charge in [-0.25, -0.2) is 8.42 Å². The molecular weight excluding hydrogens is 260 g/mol. The van der Waals surface area contributed by atoms with E-state index in [1.165, 1.54) is 0 Å². The molecule has 4 nitrogen and oxygen atoms in total. The molecule has 2 unspecified atom stereocenters. The maximum Gasteiger partial charge on any atom is 0.150 e. The molecule has 0 radical (unpaired) electrons. The van der Waals surface area contributed by atoms with Crippen LogP contribution < -0.4 is 5.32 Å². The summed E-state index contributed by atoms with van der Waals surface area (Å²) in [5.74, 6) is 0.552. The molecule has 116 valence electrons. The SMILES string of the molecule is CCNC(CCCS(=O)(=O)CC)C(C)(CC)N(C)C. The van der Waals surface area contributed by atoms with E-state index in [1.54, 1.807) is 6.92 Å². The molecule has 1 N–H and O–H groups in total. The van der Waals surface area contributed by atoms with Crippen LogP contribution in [0.3, 0.4) is 0 Å². The average molecular weight is 292 g/mol. The fourth-order valence-electron chi connectivity index (χ4n) is 2.41. The Labute approximate surface area is 119 Å². The van der Waals surface area contributed by atoms with Crippen LogP contribution in [-0.4, -0.2) is 57.0 Å². The van der Waals surface area contributed by atoms with E-state index in [1.807, 2.05) is 0 Å². The summed E-state index contributed by atoms with van der Waals surface area (Å²) in [7, 11) is 1.34. The highest BCUT2D eigenvalue weighted by Gasteiger charge is 2.33. The smallest absolute Gasteiger partial charge is 0.150 e. The number of hydrogen-bond donors (Lipinski definition) is 1. The lowest BCUT2D eigenvalue weighted by Gasteiger charge is -2.43. The van der Waals surface area contributed by atoms with Gasteiger partial charge in [-0.15, -0.1) is 0 Å². The molecule has 0 spiro atoms. The van der Waals surface area contributed by atoms with Crippen LogP contribution in [0, 0.1) is 0 Å². The lowest BCUT2D eigenvalue weighted by molar-refractivity contribution is 0.108. The highest BCUT2D eigenvalue weighted by Crippen LogP contribution is 2.24. The number of nitrogens with one attached hydrogen (secondary N) is 1. The Morgan fingerprint density at radius 1 is 1.21 bits per heavy atom. The van der Waals surface area contributed by atoms with Gasteiger partial charge in [-0.2, -0.15) is 0 Å². The molecular formula is C14H32N2O2S. The fraction of sp³-hybridized carbons (Fsp3) is 1.00. The van der Waals surface area contributed by atoms with Crippen LogP contribution in [-0.2, 0) is 9.84 Å². The molecule has 5 heteroatoms. The monoisotopic (exact) mass is 292 g/mol. The Morgan fingerprint density at radius 3 is 2.16 bits per heavy atom. The van der Waals surface area contributed by atoms with E-state index in [-0.39, 0.29) is 11.3 Å². The first-order chi connectivity index (χ1) is 8.73. The predicted octanol–water partition coefficient (Wildman–Crippen LogP) is 1.91. The van der Waals surface area contributed by atoms with Crippen molar-refractivity contribution in [1.82, 2.24) is 10.2 Å². The average Bonchev–Trinajstić information content (AvgIpc) is 2.36. The van der Waals surface area contributed by atoms with Crippen molar-refractivity contribution in [2.24, 2.45) is 0 Å². The summed E-state index contributed by atoms with van der Waals surface area (Å²) < 4.78 is 23.1. The molecule has 0 rings (SSSR count). The van der Waals surface area contributed by atoms with Gasteiger partial charge in [0, 0.05) is 17.3 Å². The number of sulfone groups is 1. The largest absolute Gasteiger partial charge is 0.312 e. The van der Waals surface area contributed by atoms with Crippen molar-refractivity contribution >= 4 is 9.84 Å². The minimum absolute atomic E-state index is 0.0615. The predicted molar refractivity (Wildman–Crippen MR) is 83.4 cm³/mol. The lowest BCUT2D eigenvalue weighted by atomic mass is 9.85. The molecule has 0 heterocycles. The Hall–Kier alpha value is -0.130. The van der Waals surface area contributed by atoms with E-state index >= 15 is 0 Å². The van der Waals surface area contributed by atoms with Gasteiger partial charge >= 0.3 is 0 Å². The second-order valence-corrected chi connectivity index (χ2v) is 8.07. The maximum absolute atomic E-state index is 11.6. The van der Waals surface area contributed by atoms with Gasteiger partial charge in [-0.3, -0.25) is 0 Å². The highest BCUT2D eigenvalue weighted by atomic mass is 32.2. The summed E-state index contributed by atoms with van der Waals surface area (Å²) in [6.07, 6.45) is 2.67. The van der Waals surface area contributed by atoms with Crippen molar-refractivity contribution in [1.29, 1.82) is 0 Å². The third-order valence-electron chi connectivity index (χ3n) is 4.33. The van der Waals surface area contributed by atoms with Crippen molar-refractivity contribution in [2.45, 2.75) is 58.5 Å². The normalized spacial score (nSPS) is 17.4. The van der Waals surface area contributed by atoms with Gasteiger partial charge in [-0.05, 0) is 46.8 Å². The Kier molecular flexibility index (Phi) is 8.17. The topological polar surface area (TPSA) is 49.4 Å². The number of rotatable bonds is 10. The molecule has 19 heavy (non-hydrogen) atoms. The van der Waals surface area contributed by atoms with E-state index in [0.717, 1.165) is 25.8 Å². The lowest BCUT2D eigenvalue weighted by Crippen LogP contribution is -2.56. The van der Waals surface area contributed by atoms with Gasteiger partial charge in [0.15, 0.2) is 0 Å². The number of likely N-dealkylation sites (N-methyl/N-ethyl adjacent to an activating group) is 2. The molecule has 2 atom stereocenters. The second-order valence-electron chi connectivity index (χ2n) is 5.59. The first-order valence-corrected chi connectivity index (χ1v) is 9.16. The summed E-state index contributed by atoms with van der Waals surface area (Å²) in [5, 5.41) is 3.52. The molecule has 0 aliphatic carbocycles. The van der Waals surface area contributed by atoms with Crippen LogP contribution >= 0.6 is 0 Å². The van der Waals surface area contributed by atoms with Crippen molar-refractivity contribution in [2.75, 3.05) is 32.1 Å². The minimum atomic E-state index is -2.84. The van der Waals surface area contributed by atoms with E-state index in [9.17, 15) is 8.42 Å². The summed E-state index contributed by atoms with van der Waals surface area (Å²) in [6.45, 7) is 9.16. The zero-order valence-electron chi connectivity index (χ0n) is 13.5. The number of hydrogen-bond acceptors (Lipinski definition) is 4. The van der Waals surface area contributed by atoms with Gasteiger partial charge in [0.05, 0.1) is 5.75 Å². The molecule has 0 bridgehead atoms. The van der Waals surface area contributed by atoms with Crippen molar-refractivity contribution in [3.8, 4) is 0 Å². The summed E-state index contributed by atoms with van der Waals surface area (Å²) in [6, 6.07) is 0.324. The molecule has 0 aromatic heterocycles. The third-order valence-corrected chi connectivity index (χ3v) is 6.12. The van der Waals surface area contributed by atoms with Crippen LogP contribution in [0.4, 0.5) is 0 Å². The van der Waals surface area contributed by atoms with Crippen molar-refractivity contribution in [3.05, 3.63) is 0 Å². The molecule has 0 aromatic rings. The molecule has 0 saturated carbocycles. The number of nitrogens with zero attached hydrogens (tertiary/aromatic N) is 1. The van der Waals surface area contributed by atoms with E-state index in [0.29, 0.717) is 11.8 Å². The molecule has 0 amide bonds. The molecule has 0 saturated heterocycles.